The number of hydrogen-bond donors (Lipinski definition) is 0. The van der Waals surface area contributed by atoms with E-state index in [4.69, 9.17) is 11.8 Å². The minimum Gasteiger partial charge on any atom is -0.271 e. The molecule has 0 atom stereocenters. The van der Waals surface area contributed by atoms with Gasteiger partial charge in [0.25, 0.3) is 5.91 Å². The van der Waals surface area contributed by atoms with E-state index in [0.29, 0.717) is 12.8 Å². The van der Waals surface area contributed by atoms with Crippen molar-refractivity contribution in [2.75, 3.05) is 0 Å². The molecule has 1 heterocycles. The molecule has 3 amide bonds. The molecule has 0 radical (unpaired) electrons. The molecular weight excluding hydrogens is 259 g/mol. The van der Waals surface area contributed by atoms with Crippen LogP contribution in [0.2, 0.25) is 0 Å². The summed E-state index contributed by atoms with van der Waals surface area (Å²) in [5, 5.41) is 0. The maximum Gasteiger partial charge on any atom is 0.352 e. The summed E-state index contributed by atoms with van der Waals surface area (Å²) in [6.45, 7) is 3.66. The van der Waals surface area contributed by atoms with Gasteiger partial charge in [-0.3, -0.25) is 4.79 Å². The number of imide groups is 1. The van der Waals surface area contributed by atoms with Gasteiger partial charge in [-0.25, -0.2) is 9.21 Å². The van der Waals surface area contributed by atoms with Crippen LogP contribution in [0.5, 0.6) is 0 Å². The van der Waals surface area contributed by atoms with Gasteiger partial charge in [0, 0.05) is 11.8 Å². The summed E-state index contributed by atoms with van der Waals surface area (Å²) >= 11 is 8.64. The normalized spacial score (nSPS) is 21.5. The van der Waals surface area contributed by atoms with Gasteiger partial charge in [0.15, 0.2) is 0 Å². The highest BCUT2D eigenvalue weighted by Crippen LogP contribution is 2.36. The van der Waals surface area contributed by atoms with E-state index >= 15 is 0 Å². The molecular formula is C7H10BrClN2O2. The molecule has 0 spiro atoms. The zero-order valence-corrected chi connectivity index (χ0v) is 9.72. The molecule has 1 rings (SSSR count). The van der Waals surface area contributed by atoms with Crippen LogP contribution < -0.4 is 0 Å². The lowest BCUT2D eigenvalue weighted by Gasteiger charge is -2.27. The number of carbonyl (C=O) groups is 2. The molecule has 74 valence electrons. The monoisotopic (exact) mass is 268 g/mol. The summed E-state index contributed by atoms with van der Waals surface area (Å²) in [5.74, 6) is -0.294. The van der Waals surface area contributed by atoms with Crippen LogP contribution in [0.1, 0.15) is 26.7 Å². The molecule has 0 aromatic heterocycles. The molecule has 4 nitrogen and oxygen atoms in total. The van der Waals surface area contributed by atoms with E-state index in [1.165, 1.54) is 0 Å². The van der Waals surface area contributed by atoms with Crippen LogP contribution in [0, 0.1) is 0 Å². The number of amides is 3. The topological polar surface area (TPSA) is 40.6 Å². The SMILES string of the molecule is CCC1(CC)C(=O)N(Br)C(=O)N1Cl. The number of nitrogens with zero attached hydrogens (tertiary/aromatic N) is 2. The van der Waals surface area contributed by atoms with Crippen molar-refractivity contribution >= 4 is 39.9 Å². The Bertz CT molecular complexity index is 255. The van der Waals surface area contributed by atoms with E-state index < -0.39 is 11.6 Å². The van der Waals surface area contributed by atoms with Crippen molar-refractivity contribution < 1.29 is 9.59 Å². The Kier molecular flexibility index (Phi) is 2.87. The fraction of sp³-hybridized carbons (Fsp3) is 0.714. The molecule has 6 heteroatoms. The smallest absolute Gasteiger partial charge is 0.271 e. The molecule has 1 aliphatic heterocycles. The van der Waals surface area contributed by atoms with Crippen LogP contribution in [0.15, 0.2) is 0 Å². The quantitative estimate of drug-likeness (QED) is 0.570. The fourth-order valence-corrected chi connectivity index (χ4v) is 2.41. The highest BCUT2D eigenvalue weighted by molar-refractivity contribution is 9.08. The Morgan fingerprint density at radius 1 is 1.38 bits per heavy atom. The average Bonchev–Trinajstić information content (AvgIpc) is 2.31. The molecule has 1 aliphatic rings. The Balaban J connectivity index is 3.11. The largest absolute Gasteiger partial charge is 0.352 e. The summed E-state index contributed by atoms with van der Waals surface area (Å²) < 4.78 is 1.86. The second kappa shape index (κ2) is 3.46. The number of hydrogen-bond acceptors (Lipinski definition) is 2. The molecule has 0 aromatic carbocycles. The molecule has 1 fully saturated rings. The van der Waals surface area contributed by atoms with Gasteiger partial charge in [0.2, 0.25) is 0 Å². The first-order valence-corrected chi connectivity index (χ1v) is 5.06. The maximum atomic E-state index is 11.6. The summed E-state index contributed by atoms with van der Waals surface area (Å²) in [6.07, 6.45) is 1.03. The Hall–Kier alpha value is -0.290. The number of halogens is 2. The van der Waals surface area contributed by atoms with Crippen molar-refractivity contribution in [2.45, 2.75) is 32.2 Å². The molecule has 13 heavy (non-hydrogen) atoms. The lowest BCUT2D eigenvalue weighted by atomic mass is 9.93. The van der Waals surface area contributed by atoms with Crippen molar-refractivity contribution in [3.63, 3.8) is 0 Å². The van der Waals surface area contributed by atoms with Gasteiger partial charge in [0.05, 0.1) is 16.1 Å². The number of rotatable bonds is 2. The third kappa shape index (κ3) is 1.25. The lowest BCUT2D eigenvalue weighted by Crippen LogP contribution is -2.43. The van der Waals surface area contributed by atoms with E-state index in [0.717, 1.165) is 8.34 Å². The summed E-state index contributed by atoms with van der Waals surface area (Å²) in [4.78, 5) is 22.9. The lowest BCUT2D eigenvalue weighted by molar-refractivity contribution is -0.128. The summed E-state index contributed by atoms with van der Waals surface area (Å²) in [6, 6.07) is -0.518. The third-order valence-electron chi connectivity index (χ3n) is 2.46. The molecule has 0 unspecified atom stereocenters. The highest BCUT2D eigenvalue weighted by Gasteiger charge is 2.54. The second-order valence-electron chi connectivity index (χ2n) is 2.89. The van der Waals surface area contributed by atoms with Crippen molar-refractivity contribution in [1.29, 1.82) is 0 Å². The van der Waals surface area contributed by atoms with E-state index in [1.807, 2.05) is 13.8 Å². The first-order valence-electron chi connectivity index (χ1n) is 4.01. The third-order valence-corrected chi connectivity index (χ3v) is 3.55. The molecule has 0 saturated carbocycles. The second-order valence-corrected chi connectivity index (χ2v) is 3.94. The summed E-state index contributed by atoms with van der Waals surface area (Å²) in [7, 11) is 0. The van der Waals surface area contributed by atoms with Gasteiger partial charge in [-0.15, -0.1) is 0 Å². The zero-order valence-electron chi connectivity index (χ0n) is 7.38. The van der Waals surface area contributed by atoms with Crippen molar-refractivity contribution in [1.82, 2.24) is 8.34 Å². The van der Waals surface area contributed by atoms with Crippen LogP contribution >= 0.6 is 27.9 Å². The standard InChI is InChI=1S/C7H10BrClN2O2/c1-3-7(4-2)5(12)10(8)6(13)11(7)9/h3-4H2,1-2H3. The zero-order chi connectivity index (χ0) is 10.2. The predicted octanol–water partition coefficient (Wildman–Crippen LogP) is 2.27. The molecule has 1 saturated heterocycles. The minimum absolute atomic E-state index is 0.294. The maximum absolute atomic E-state index is 11.6. The number of carbonyl (C=O) groups excluding carboxylic acids is 2. The Morgan fingerprint density at radius 3 is 2.00 bits per heavy atom. The van der Waals surface area contributed by atoms with Crippen molar-refractivity contribution in [3.8, 4) is 0 Å². The molecule has 0 aromatic rings. The van der Waals surface area contributed by atoms with Gasteiger partial charge in [-0.2, -0.15) is 3.93 Å². The van der Waals surface area contributed by atoms with E-state index in [2.05, 4.69) is 16.1 Å². The van der Waals surface area contributed by atoms with Crippen LogP contribution in [-0.2, 0) is 4.79 Å². The Morgan fingerprint density at radius 2 is 1.85 bits per heavy atom. The predicted molar refractivity (Wildman–Crippen MR) is 52.2 cm³/mol. The van der Waals surface area contributed by atoms with Crippen molar-refractivity contribution in [2.24, 2.45) is 0 Å². The van der Waals surface area contributed by atoms with Crippen LogP contribution in [0.4, 0.5) is 4.79 Å². The minimum atomic E-state index is -0.873. The fourth-order valence-electron chi connectivity index (χ4n) is 1.44. The molecule has 0 bridgehead atoms. The van der Waals surface area contributed by atoms with Crippen LogP contribution in [-0.4, -0.2) is 25.8 Å². The first kappa shape index (κ1) is 10.8. The van der Waals surface area contributed by atoms with Gasteiger partial charge in [0.1, 0.15) is 5.54 Å². The average molecular weight is 270 g/mol. The van der Waals surface area contributed by atoms with Crippen LogP contribution in [0.3, 0.4) is 0 Å². The van der Waals surface area contributed by atoms with Crippen LogP contribution in [0.25, 0.3) is 0 Å². The first-order chi connectivity index (χ1) is 6.01. The molecule has 0 N–H and O–H groups in total. The van der Waals surface area contributed by atoms with Gasteiger partial charge in [-0.1, -0.05) is 13.8 Å². The Labute approximate surface area is 90.3 Å². The van der Waals surface area contributed by atoms with Gasteiger partial charge < -0.3 is 0 Å². The highest BCUT2D eigenvalue weighted by atomic mass is 79.9. The van der Waals surface area contributed by atoms with Gasteiger partial charge >= 0.3 is 6.03 Å². The summed E-state index contributed by atoms with van der Waals surface area (Å²) in [5.41, 5.74) is -0.873. The molecule has 0 aliphatic carbocycles. The van der Waals surface area contributed by atoms with Crippen molar-refractivity contribution in [3.05, 3.63) is 0 Å². The number of urea groups is 1. The van der Waals surface area contributed by atoms with E-state index in [9.17, 15) is 9.59 Å². The van der Waals surface area contributed by atoms with E-state index in [1.54, 1.807) is 0 Å². The van der Waals surface area contributed by atoms with E-state index in [-0.39, 0.29) is 5.91 Å². The van der Waals surface area contributed by atoms with Gasteiger partial charge in [-0.05, 0) is 12.8 Å².